The van der Waals surface area contributed by atoms with E-state index in [0.29, 0.717) is 12.0 Å². The molecule has 0 saturated carbocycles. The summed E-state index contributed by atoms with van der Waals surface area (Å²) in [5.74, 6) is -0.258. The van der Waals surface area contributed by atoms with Crippen LogP contribution in [0.15, 0.2) is 28.7 Å². The molecular formula is C14H18BrNO3. The summed E-state index contributed by atoms with van der Waals surface area (Å²) < 4.78 is 0.913. The number of ketones is 1. The van der Waals surface area contributed by atoms with Crippen LogP contribution in [0.5, 0.6) is 0 Å². The fourth-order valence-electron chi connectivity index (χ4n) is 1.58. The van der Waals surface area contributed by atoms with Crippen LogP contribution < -0.4 is 5.32 Å². The summed E-state index contributed by atoms with van der Waals surface area (Å²) >= 11 is 3.30. The summed E-state index contributed by atoms with van der Waals surface area (Å²) in [5, 5.41) is 11.7. The van der Waals surface area contributed by atoms with E-state index in [1.54, 1.807) is 24.3 Å². The molecule has 0 spiro atoms. The second kappa shape index (κ2) is 8.07. The number of hydrogen-bond acceptors (Lipinski definition) is 3. The highest BCUT2D eigenvalue weighted by atomic mass is 79.9. The molecule has 1 aromatic rings. The van der Waals surface area contributed by atoms with Crippen molar-refractivity contribution in [3.05, 3.63) is 34.3 Å². The van der Waals surface area contributed by atoms with Crippen LogP contribution in [0.3, 0.4) is 0 Å². The van der Waals surface area contributed by atoms with Crippen molar-refractivity contribution in [3.63, 3.8) is 0 Å². The number of halogens is 1. The summed E-state index contributed by atoms with van der Waals surface area (Å²) in [6.45, 7) is 1.80. The highest BCUT2D eigenvalue weighted by molar-refractivity contribution is 9.10. The van der Waals surface area contributed by atoms with Crippen molar-refractivity contribution in [3.8, 4) is 0 Å². The van der Waals surface area contributed by atoms with Gasteiger partial charge in [0.25, 0.3) is 0 Å². The predicted octanol–water partition coefficient (Wildman–Crippen LogP) is 2.30. The van der Waals surface area contributed by atoms with Crippen LogP contribution in [-0.4, -0.2) is 29.4 Å². The molecule has 0 fully saturated rings. The van der Waals surface area contributed by atoms with E-state index < -0.39 is 0 Å². The van der Waals surface area contributed by atoms with Gasteiger partial charge in [0.05, 0.1) is 12.6 Å². The Kier molecular flexibility index (Phi) is 6.73. The Balaban J connectivity index is 2.41. The predicted molar refractivity (Wildman–Crippen MR) is 77.0 cm³/mol. The maximum absolute atomic E-state index is 11.8. The summed E-state index contributed by atoms with van der Waals surface area (Å²) in [5.41, 5.74) is 0.602. The first kappa shape index (κ1) is 15.9. The lowest BCUT2D eigenvalue weighted by atomic mass is 10.1. The van der Waals surface area contributed by atoms with Crippen LogP contribution in [0.2, 0.25) is 0 Å². The van der Waals surface area contributed by atoms with Gasteiger partial charge >= 0.3 is 0 Å². The van der Waals surface area contributed by atoms with E-state index in [1.165, 1.54) is 0 Å². The maximum Gasteiger partial charge on any atom is 0.220 e. The van der Waals surface area contributed by atoms with Gasteiger partial charge in [0.1, 0.15) is 0 Å². The van der Waals surface area contributed by atoms with E-state index in [4.69, 9.17) is 5.11 Å². The number of aliphatic hydroxyl groups is 1. The van der Waals surface area contributed by atoms with Gasteiger partial charge in [-0.2, -0.15) is 0 Å². The van der Waals surface area contributed by atoms with Crippen molar-refractivity contribution in [2.24, 2.45) is 0 Å². The second-order valence-corrected chi connectivity index (χ2v) is 5.20. The number of rotatable bonds is 7. The number of Topliss-reactive ketones (excluding diaryl/α,β-unsaturated/α-hetero) is 1. The molecule has 1 amide bonds. The lowest BCUT2D eigenvalue weighted by molar-refractivity contribution is -0.122. The maximum atomic E-state index is 11.8. The van der Waals surface area contributed by atoms with Crippen molar-refractivity contribution in [1.82, 2.24) is 5.32 Å². The molecule has 4 nitrogen and oxygen atoms in total. The summed E-state index contributed by atoms with van der Waals surface area (Å²) in [6, 6.07) is 6.83. The number of nitrogens with one attached hydrogen (secondary N) is 1. The Morgan fingerprint density at radius 2 is 1.89 bits per heavy atom. The largest absolute Gasteiger partial charge is 0.394 e. The van der Waals surface area contributed by atoms with Gasteiger partial charge in [-0.05, 0) is 18.6 Å². The standard InChI is InChI=1S/C14H18BrNO3/c1-2-12(9-17)16-14(19)8-7-13(18)10-3-5-11(15)6-4-10/h3-6,12,17H,2,7-9H2,1H3,(H,16,19). The van der Waals surface area contributed by atoms with Crippen LogP contribution in [0.4, 0.5) is 0 Å². The lowest BCUT2D eigenvalue weighted by Crippen LogP contribution is -2.37. The minimum Gasteiger partial charge on any atom is -0.394 e. The minimum atomic E-state index is -0.227. The quantitative estimate of drug-likeness (QED) is 0.755. The Hall–Kier alpha value is -1.20. The molecule has 0 aliphatic heterocycles. The van der Waals surface area contributed by atoms with Crippen molar-refractivity contribution in [1.29, 1.82) is 0 Å². The average molecular weight is 328 g/mol. The summed E-state index contributed by atoms with van der Waals surface area (Å²) in [6.07, 6.45) is 0.990. The second-order valence-electron chi connectivity index (χ2n) is 4.29. The van der Waals surface area contributed by atoms with Gasteiger partial charge in [0, 0.05) is 22.9 Å². The highest BCUT2D eigenvalue weighted by Gasteiger charge is 2.12. The van der Waals surface area contributed by atoms with Crippen LogP contribution in [-0.2, 0) is 4.79 Å². The Morgan fingerprint density at radius 3 is 2.42 bits per heavy atom. The van der Waals surface area contributed by atoms with E-state index in [2.05, 4.69) is 21.2 Å². The van der Waals surface area contributed by atoms with Crippen LogP contribution in [0, 0.1) is 0 Å². The van der Waals surface area contributed by atoms with E-state index in [-0.39, 0.29) is 37.2 Å². The number of hydrogen-bond donors (Lipinski definition) is 2. The molecule has 0 saturated heterocycles. The van der Waals surface area contributed by atoms with Gasteiger partial charge in [-0.1, -0.05) is 35.0 Å². The van der Waals surface area contributed by atoms with Crippen molar-refractivity contribution in [2.45, 2.75) is 32.2 Å². The van der Waals surface area contributed by atoms with Gasteiger partial charge in [0.15, 0.2) is 5.78 Å². The fourth-order valence-corrected chi connectivity index (χ4v) is 1.85. The first-order chi connectivity index (χ1) is 9.06. The first-order valence-electron chi connectivity index (χ1n) is 6.25. The molecular weight excluding hydrogens is 310 g/mol. The third-order valence-electron chi connectivity index (χ3n) is 2.82. The molecule has 1 rings (SSSR count). The Bertz CT molecular complexity index is 427. The molecule has 0 bridgehead atoms. The van der Waals surface area contributed by atoms with Gasteiger partial charge < -0.3 is 10.4 Å². The van der Waals surface area contributed by atoms with Crippen LogP contribution in [0.1, 0.15) is 36.5 Å². The smallest absolute Gasteiger partial charge is 0.220 e. The lowest BCUT2D eigenvalue weighted by Gasteiger charge is -2.13. The molecule has 0 aliphatic carbocycles. The number of benzene rings is 1. The summed E-state index contributed by atoms with van der Waals surface area (Å²) in [4.78, 5) is 23.4. The molecule has 1 aromatic carbocycles. The van der Waals surface area contributed by atoms with Crippen LogP contribution >= 0.6 is 15.9 Å². The topological polar surface area (TPSA) is 66.4 Å². The molecule has 2 N–H and O–H groups in total. The Morgan fingerprint density at radius 1 is 1.26 bits per heavy atom. The SMILES string of the molecule is CCC(CO)NC(=O)CCC(=O)c1ccc(Br)cc1. The van der Waals surface area contributed by atoms with Gasteiger partial charge in [-0.3, -0.25) is 9.59 Å². The molecule has 5 heteroatoms. The fraction of sp³-hybridized carbons (Fsp3) is 0.429. The first-order valence-corrected chi connectivity index (χ1v) is 7.05. The van der Waals surface area contributed by atoms with Crippen molar-refractivity contribution >= 4 is 27.6 Å². The molecule has 19 heavy (non-hydrogen) atoms. The third-order valence-corrected chi connectivity index (χ3v) is 3.35. The molecule has 104 valence electrons. The van der Waals surface area contributed by atoms with Crippen molar-refractivity contribution in [2.75, 3.05) is 6.61 Å². The van der Waals surface area contributed by atoms with Gasteiger partial charge in [-0.15, -0.1) is 0 Å². The highest BCUT2D eigenvalue weighted by Crippen LogP contribution is 2.12. The number of carbonyl (C=O) groups excluding carboxylic acids is 2. The van der Waals surface area contributed by atoms with Crippen LogP contribution in [0.25, 0.3) is 0 Å². The zero-order chi connectivity index (χ0) is 14.3. The van der Waals surface area contributed by atoms with Gasteiger partial charge in [-0.25, -0.2) is 0 Å². The third kappa shape index (κ3) is 5.53. The zero-order valence-corrected chi connectivity index (χ0v) is 12.4. The normalized spacial score (nSPS) is 11.9. The summed E-state index contributed by atoms with van der Waals surface area (Å²) in [7, 11) is 0. The van der Waals surface area contributed by atoms with E-state index >= 15 is 0 Å². The van der Waals surface area contributed by atoms with Crippen molar-refractivity contribution < 1.29 is 14.7 Å². The number of carbonyl (C=O) groups is 2. The molecule has 1 atom stereocenters. The van der Waals surface area contributed by atoms with E-state index in [0.717, 1.165) is 4.47 Å². The number of amides is 1. The molecule has 0 aliphatic rings. The molecule has 0 aromatic heterocycles. The van der Waals surface area contributed by atoms with E-state index in [9.17, 15) is 9.59 Å². The molecule has 1 unspecified atom stereocenters. The monoisotopic (exact) mass is 327 g/mol. The molecule has 0 heterocycles. The minimum absolute atomic E-state index is 0.0558. The molecule has 0 radical (unpaired) electrons. The van der Waals surface area contributed by atoms with E-state index in [1.807, 2.05) is 6.92 Å². The number of aliphatic hydroxyl groups excluding tert-OH is 1. The van der Waals surface area contributed by atoms with Gasteiger partial charge in [0.2, 0.25) is 5.91 Å². The zero-order valence-electron chi connectivity index (χ0n) is 10.9. The average Bonchev–Trinajstić information content (AvgIpc) is 2.43. The Labute approximate surface area is 121 Å².